The van der Waals surface area contributed by atoms with Crippen LogP contribution in [0.4, 0.5) is 0 Å². The highest BCUT2D eigenvalue weighted by atomic mass is 32.1. The Labute approximate surface area is 158 Å². The second-order valence-corrected chi connectivity index (χ2v) is 6.84. The van der Waals surface area contributed by atoms with Gasteiger partial charge >= 0.3 is 5.97 Å². The summed E-state index contributed by atoms with van der Waals surface area (Å²) in [7, 11) is 0. The van der Waals surface area contributed by atoms with Crippen molar-refractivity contribution in [2.45, 2.75) is 32.9 Å². The lowest BCUT2D eigenvalue weighted by Gasteiger charge is -2.13. The summed E-state index contributed by atoms with van der Waals surface area (Å²) in [6.45, 7) is 3.32. The zero-order valence-electron chi connectivity index (χ0n) is 14.8. The van der Waals surface area contributed by atoms with Crippen molar-refractivity contribution in [1.82, 2.24) is 19.9 Å². The van der Waals surface area contributed by atoms with E-state index >= 15 is 0 Å². The van der Waals surface area contributed by atoms with E-state index in [0.29, 0.717) is 22.6 Å². The number of esters is 1. The third-order valence-electron chi connectivity index (χ3n) is 3.74. The normalized spacial score (nSPS) is 11.9. The summed E-state index contributed by atoms with van der Waals surface area (Å²) in [5.74, 6) is -0.977. The number of hydrogen-bond donors (Lipinski definition) is 1. The molecule has 3 aromatic rings. The van der Waals surface area contributed by atoms with Crippen molar-refractivity contribution in [1.29, 1.82) is 0 Å². The van der Waals surface area contributed by atoms with Gasteiger partial charge in [-0.05, 0) is 25.5 Å². The zero-order chi connectivity index (χ0) is 19.4. The third-order valence-corrected chi connectivity index (χ3v) is 4.79. The van der Waals surface area contributed by atoms with Gasteiger partial charge in [0.05, 0.1) is 5.69 Å². The first-order chi connectivity index (χ1) is 13.0. The number of rotatable bonds is 6. The lowest BCUT2D eigenvalue weighted by Crippen LogP contribution is -2.39. The summed E-state index contributed by atoms with van der Waals surface area (Å²) < 4.78 is 6.42. The average molecular weight is 386 g/mol. The molecule has 0 aliphatic heterocycles. The van der Waals surface area contributed by atoms with Crippen LogP contribution in [0.1, 0.15) is 34.9 Å². The molecule has 1 atom stereocenters. The number of ether oxygens (including phenoxy) is 1. The van der Waals surface area contributed by atoms with Crippen molar-refractivity contribution in [3.63, 3.8) is 0 Å². The highest BCUT2D eigenvalue weighted by Crippen LogP contribution is 2.12. The van der Waals surface area contributed by atoms with Crippen LogP contribution in [-0.2, 0) is 22.6 Å². The quantitative estimate of drug-likeness (QED) is 0.645. The molecule has 0 bridgehead atoms. The number of carbonyl (C=O) groups excluding carboxylic acids is 2. The van der Waals surface area contributed by atoms with Crippen LogP contribution in [0.25, 0.3) is 4.96 Å². The number of hydrogen-bond acceptors (Lipinski definition) is 7. The Hall–Kier alpha value is -3.07. The van der Waals surface area contributed by atoms with Crippen molar-refractivity contribution in [3.8, 4) is 0 Å². The molecule has 0 aliphatic carbocycles. The van der Waals surface area contributed by atoms with E-state index in [0.717, 1.165) is 5.01 Å². The van der Waals surface area contributed by atoms with Gasteiger partial charge in [0.25, 0.3) is 11.5 Å². The maximum atomic E-state index is 12.1. The largest absolute Gasteiger partial charge is 0.458 e. The van der Waals surface area contributed by atoms with Crippen LogP contribution in [0.3, 0.4) is 0 Å². The maximum absolute atomic E-state index is 12.1. The van der Waals surface area contributed by atoms with Gasteiger partial charge < -0.3 is 10.1 Å². The number of nitrogens with one attached hydrogen (secondary N) is 1. The second-order valence-electron chi connectivity index (χ2n) is 5.80. The van der Waals surface area contributed by atoms with E-state index in [4.69, 9.17) is 4.74 Å². The van der Waals surface area contributed by atoms with Crippen molar-refractivity contribution in [2.75, 3.05) is 0 Å². The predicted octanol–water partition coefficient (Wildman–Crippen LogP) is 1.58. The molecular weight excluding hydrogens is 368 g/mol. The summed E-state index contributed by atoms with van der Waals surface area (Å²) in [5, 5.41) is 7.54. The van der Waals surface area contributed by atoms with Crippen LogP contribution in [0.5, 0.6) is 0 Å². The van der Waals surface area contributed by atoms with Gasteiger partial charge in [-0.25, -0.2) is 9.78 Å². The molecule has 0 unspecified atom stereocenters. The average Bonchev–Trinajstić information content (AvgIpc) is 3.10. The summed E-state index contributed by atoms with van der Waals surface area (Å²) >= 11 is 1.32. The molecule has 1 amide bonds. The molecular formula is C18H18N4O4S. The van der Waals surface area contributed by atoms with E-state index in [1.807, 2.05) is 6.92 Å². The van der Waals surface area contributed by atoms with Gasteiger partial charge in [0.2, 0.25) is 4.96 Å². The topological polar surface area (TPSA) is 103 Å². The van der Waals surface area contributed by atoms with Crippen LogP contribution in [0.2, 0.25) is 0 Å². The minimum Gasteiger partial charge on any atom is -0.458 e. The van der Waals surface area contributed by atoms with Gasteiger partial charge in [-0.3, -0.25) is 9.59 Å². The van der Waals surface area contributed by atoms with E-state index in [2.05, 4.69) is 15.4 Å². The number of aromatic nitrogens is 3. The van der Waals surface area contributed by atoms with Gasteiger partial charge in [-0.1, -0.05) is 36.5 Å². The molecule has 0 radical (unpaired) electrons. The Bertz CT molecular complexity index is 1030. The van der Waals surface area contributed by atoms with E-state index in [-0.39, 0.29) is 18.1 Å². The monoisotopic (exact) mass is 386 g/mol. The Morgan fingerprint density at radius 2 is 2.04 bits per heavy atom. The fourth-order valence-electron chi connectivity index (χ4n) is 2.31. The number of fused-ring (bicyclic) bond motifs is 1. The van der Waals surface area contributed by atoms with Gasteiger partial charge in [0.1, 0.15) is 17.7 Å². The third kappa shape index (κ3) is 4.37. The molecule has 1 N–H and O–H groups in total. The van der Waals surface area contributed by atoms with Crippen molar-refractivity contribution in [3.05, 3.63) is 63.0 Å². The Balaban J connectivity index is 1.62. The first-order valence-electron chi connectivity index (χ1n) is 8.39. The Morgan fingerprint density at radius 1 is 1.30 bits per heavy atom. The molecule has 2 aromatic heterocycles. The number of aryl methyl sites for hydroxylation is 1. The molecule has 0 saturated heterocycles. The molecule has 8 nitrogen and oxygen atoms in total. The number of amides is 1. The molecule has 140 valence electrons. The summed E-state index contributed by atoms with van der Waals surface area (Å²) in [5.41, 5.74) is 0.461. The zero-order valence-corrected chi connectivity index (χ0v) is 15.7. The van der Waals surface area contributed by atoms with Crippen LogP contribution in [0.15, 0.2) is 41.2 Å². The van der Waals surface area contributed by atoms with E-state index in [1.165, 1.54) is 28.8 Å². The van der Waals surface area contributed by atoms with E-state index in [9.17, 15) is 14.4 Å². The minimum absolute atomic E-state index is 0.157. The molecule has 9 heteroatoms. The molecule has 1 aromatic carbocycles. The van der Waals surface area contributed by atoms with Crippen molar-refractivity contribution < 1.29 is 14.3 Å². The minimum atomic E-state index is -0.836. The van der Waals surface area contributed by atoms with Gasteiger partial charge in [0.15, 0.2) is 0 Å². The molecule has 2 heterocycles. The maximum Gasteiger partial charge on any atom is 0.328 e. The predicted molar refractivity (Wildman–Crippen MR) is 99.7 cm³/mol. The van der Waals surface area contributed by atoms with E-state index in [1.54, 1.807) is 30.3 Å². The fourth-order valence-corrected chi connectivity index (χ4v) is 3.17. The highest BCUT2D eigenvalue weighted by Gasteiger charge is 2.18. The molecule has 0 saturated carbocycles. The van der Waals surface area contributed by atoms with Crippen molar-refractivity contribution >= 4 is 28.2 Å². The highest BCUT2D eigenvalue weighted by molar-refractivity contribution is 7.16. The Morgan fingerprint density at radius 3 is 2.74 bits per heavy atom. The summed E-state index contributed by atoms with van der Waals surface area (Å²) in [4.78, 5) is 41.0. The van der Waals surface area contributed by atoms with Crippen LogP contribution < -0.4 is 10.9 Å². The first-order valence-corrected chi connectivity index (χ1v) is 9.20. The lowest BCUT2D eigenvalue weighted by molar-refractivity contribution is -0.146. The standard InChI is InChI=1S/C18H18N4O4S/c1-3-14-21-22-15(23)9-13(20-18(22)27-14)10-26-17(25)11(2)19-16(24)12-7-5-4-6-8-12/h4-9,11H,3,10H2,1-2H3,(H,19,24)/t11-/m0/s1. The number of nitrogens with zero attached hydrogens (tertiary/aromatic N) is 3. The van der Waals surface area contributed by atoms with Gasteiger partial charge in [0, 0.05) is 11.6 Å². The molecule has 0 fully saturated rings. The fraction of sp³-hybridized carbons (Fsp3) is 0.278. The van der Waals surface area contributed by atoms with Crippen LogP contribution in [0, 0.1) is 0 Å². The molecule has 27 heavy (non-hydrogen) atoms. The Kier molecular flexibility index (Phi) is 5.60. The SMILES string of the molecule is CCc1nn2c(=O)cc(COC(=O)[C@H](C)NC(=O)c3ccccc3)nc2s1. The van der Waals surface area contributed by atoms with Gasteiger partial charge in [-0.2, -0.15) is 9.61 Å². The van der Waals surface area contributed by atoms with Crippen LogP contribution >= 0.6 is 11.3 Å². The van der Waals surface area contributed by atoms with E-state index < -0.39 is 12.0 Å². The number of carbonyl (C=O) groups is 2. The molecule has 0 aliphatic rings. The molecule has 3 rings (SSSR count). The van der Waals surface area contributed by atoms with Crippen LogP contribution in [-0.4, -0.2) is 32.5 Å². The lowest BCUT2D eigenvalue weighted by atomic mass is 10.2. The second kappa shape index (κ2) is 8.09. The van der Waals surface area contributed by atoms with Crippen molar-refractivity contribution in [2.24, 2.45) is 0 Å². The van der Waals surface area contributed by atoms with Gasteiger partial charge in [-0.15, -0.1) is 0 Å². The smallest absolute Gasteiger partial charge is 0.328 e. The molecule has 0 spiro atoms. The summed E-state index contributed by atoms with van der Waals surface area (Å²) in [6.07, 6.45) is 0.705. The first kappa shape index (κ1) is 18.7. The number of benzene rings is 1. The summed E-state index contributed by atoms with van der Waals surface area (Å²) in [6, 6.07) is 9.03.